The topological polar surface area (TPSA) is 66.8 Å². The third-order valence-electron chi connectivity index (χ3n) is 3.57. The number of allylic oxidation sites excluding steroid dienone is 1. The number of aliphatic hydroxyl groups excluding tert-OH is 1. The molecule has 1 saturated heterocycles. The first-order valence-electron chi connectivity index (χ1n) is 5.99. The molecule has 18 heavy (non-hydrogen) atoms. The second-order valence-corrected chi connectivity index (χ2v) is 5.36. The van der Waals surface area contributed by atoms with E-state index in [0.29, 0.717) is 12.8 Å². The highest BCUT2D eigenvalue weighted by Crippen LogP contribution is 2.34. The van der Waals surface area contributed by atoms with Gasteiger partial charge in [-0.3, -0.25) is 4.79 Å². The third-order valence-corrected chi connectivity index (χ3v) is 4.04. The van der Waals surface area contributed by atoms with Gasteiger partial charge in [0.05, 0.1) is 11.5 Å². The van der Waals surface area contributed by atoms with E-state index >= 15 is 0 Å². The molecule has 2 rings (SSSR count). The van der Waals surface area contributed by atoms with Gasteiger partial charge in [-0.15, -0.1) is 11.6 Å². The van der Waals surface area contributed by atoms with Crippen LogP contribution in [-0.2, 0) is 9.53 Å². The maximum absolute atomic E-state index is 12.0. The van der Waals surface area contributed by atoms with Gasteiger partial charge in [0.1, 0.15) is 0 Å². The molecule has 0 radical (unpaired) electrons. The Labute approximate surface area is 110 Å². The standard InChI is InChI=1S/C12H16ClNO4/c1-3-10-11(16)14(12(17)18-10)8-5-9(15)7(13)4-6(8)2/h3,6-9,15H,4-5H2,1-2H3/b10-3+. The van der Waals surface area contributed by atoms with Gasteiger partial charge in [-0.2, -0.15) is 0 Å². The van der Waals surface area contributed by atoms with Crippen LogP contribution < -0.4 is 0 Å². The lowest BCUT2D eigenvalue weighted by Gasteiger charge is -2.37. The van der Waals surface area contributed by atoms with Gasteiger partial charge in [0, 0.05) is 6.04 Å². The highest BCUT2D eigenvalue weighted by Gasteiger charge is 2.46. The van der Waals surface area contributed by atoms with Crippen molar-refractivity contribution in [3.05, 3.63) is 11.8 Å². The number of ether oxygens (including phenoxy) is 1. The molecule has 1 N–H and O–H groups in total. The van der Waals surface area contributed by atoms with Crippen molar-refractivity contribution >= 4 is 23.6 Å². The predicted octanol–water partition coefficient (Wildman–Crippen LogP) is 1.64. The number of rotatable bonds is 1. The molecule has 0 aromatic rings. The Hall–Kier alpha value is -1.07. The zero-order chi connectivity index (χ0) is 13.4. The van der Waals surface area contributed by atoms with Gasteiger partial charge in [0.25, 0.3) is 5.91 Å². The second kappa shape index (κ2) is 4.90. The van der Waals surface area contributed by atoms with Gasteiger partial charge >= 0.3 is 6.09 Å². The van der Waals surface area contributed by atoms with Crippen LogP contribution in [0.15, 0.2) is 11.8 Å². The lowest BCUT2D eigenvalue weighted by Crippen LogP contribution is -2.50. The quantitative estimate of drug-likeness (QED) is 0.582. The molecule has 0 bridgehead atoms. The van der Waals surface area contributed by atoms with Crippen LogP contribution in [0.4, 0.5) is 4.79 Å². The van der Waals surface area contributed by atoms with Crippen molar-refractivity contribution in [1.29, 1.82) is 0 Å². The fourth-order valence-electron chi connectivity index (χ4n) is 2.51. The van der Waals surface area contributed by atoms with E-state index in [1.54, 1.807) is 6.92 Å². The normalized spacial score (nSPS) is 39.3. The molecule has 100 valence electrons. The van der Waals surface area contributed by atoms with Crippen LogP contribution in [0.3, 0.4) is 0 Å². The van der Waals surface area contributed by atoms with Crippen LogP contribution in [0, 0.1) is 5.92 Å². The molecule has 1 saturated carbocycles. The number of hydrogen-bond donors (Lipinski definition) is 1. The fourth-order valence-corrected chi connectivity index (χ4v) is 2.90. The van der Waals surface area contributed by atoms with E-state index < -0.39 is 18.1 Å². The van der Waals surface area contributed by atoms with E-state index in [1.807, 2.05) is 6.92 Å². The van der Waals surface area contributed by atoms with Gasteiger partial charge in [-0.05, 0) is 31.8 Å². The summed E-state index contributed by atoms with van der Waals surface area (Å²) >= 11 is 5.98. The number of nitrogens with zero attached hydrogens (tertiary/aromatic N) is 1. The molecule has 1 aliphatic carbocycles. The van der Waals surface area contributed by atoms with E-state index in [0.717, 1.165) is 4.90 Å². The lowest BCUT2D eigenvalue weighted by molar-refractivity contribution is -0.126. The molecule has 0 aromatic carbocycles. The van der Waals surface area contributed by atoms with E-state index in [1.165, 1.54) is 6.08 Å². The summed E-state index contributed by atoms with van der Waals surface area (Å²) in [4.78, 5) is 24.8. The molecule has 4 unspecified atom stereocenters. The number of amides is 2. The molecule has 0 spiro atoms. The van der Waals surface area contributed by atoms with Crippen LogP contribution in [-0.4, -0.2) is 39.5 Å². The monoisotopic (exact) mass is 273 g/mol. The minimum atomic E-state index is -0.705. The summed E-state index contributed by atoms with van der Waals surface area (Å²) in [5.41, 5.74) is 0. The molecule has 6 heteroatoms. The Morgan fingerprint density at radius 3 is 2.67 bits per heavy atom. The molecule has 5 nitrogen and oxygen atoms in total. The molecular weight excluding hydrogens is 258 g/mol. The molecule has 1 heterocycles. The van der Waals surface area contributed by atoms with E-state index in [2.05, 4.69) is 0 Å². The first-order valence-corrected chi connectivity index (χ1v) is 6.43. The summed E-state index contributed by atoms with van der Waals surface area (Å²) in [6.45, 7) is 3.55. The van der Waals surface area contributed by atoms with Gasteiger partial charge in [0.15, 0.2) is 5.76 Å². The minimum Gasteiger partial charge on any atom is -0.404 e. The van der Waals surface area contributed by atoms with E-state index in [4.69, 9.17) is 16.3 Å². The average molecular weight is 274 g/mol. The third kappa shape index (κ3) is 2.12. The number of carbonyl (C=O) groups excluding carboxylic acids is 2. The summed E-state index contributed by atoms with van der Waals surface area (Å²) in [7, 11) is 0. The number of imide groups is 1. The highest BCUT2D eigenvalue weighted by atomic mass is 35.5. The number of cyclic esters (lactones) is 1. The largest absolute Gasteiger partial charge is 0.422 e. The Bertz CT molecular complexity index is 409. The van der Waals surface area contributed by atoms with Crippen LogP contribution in [0.2, 0.25) is 0 Å². The Kier molecular flexibility index (Phi) is 3.64. The molecule has 2 fully saturated rings. The van der Waals surface area contributed by atoms with Gasteiger partial charge in [-0.25, -0.2) is 9.69 Å². The number of carbonyl (C=O) groups is 2. The number of halogens is 1. The predicted molar refractivity (Wildman–Crippen MR) is 64.9 cm³/mol. The van der Waals surface area contributed by atoms with E-state index in [-0.39, 0.29) is 23.1 Å². The number of alkyl halides is 1. The van der Waals surface area contributed by atoms with Crippen molar-refractivity contribution in [2.24, 2.45) is 5.92 Å². The van der Waals surface area contributed by atoms with Crippen molar-refractivity contribution in [3.8, 4) is 0 Å². The summed E-state index contributed by atoms with van der Waals surface area (Å²) in [6.07, 6.45) is 0.963. The maximum atomic E-state index is 12.0. The van der Waals surface area contributed by atoms with Crippen molar-refractivity contribution in [2.75, 3.05) is 0 Å². The van der Waals surface area contributed by atoms with Crippen molar-refractivity contribution in [1.82, 2.24) is 4.90 Å². The Balaban J connectivity index is 2.21. The van der Waals surface area contributed by atoms with Crippen LogP contribution in [0.25, 0.3) is 0 Å². The number of hydrogen-bond acceptors (Lipinski definition) is 4. The minimum absolute atomic E-state index is 0.0450. The summed E-state index contributed by atoms with van der Waals surface area (Å²) < 4.78 is 4.88. The molecular formula is C12H16ClNO4. The zero-order valence-corrected chi connectivity index (χ0v) is 11.1. The second-order valence-electron chi connectivity index (χ2n) is 4.80. The Morgan fingerprint density at radius 2 is 2.11 bits per heavy atom. The summed E-state index contributed by atoms with van der Waals surface area (Å²) in [5.74, 6) is -0.335. The maximum Gasteiger partial charge on any atom is 0.422 e. The zero-order valence-electron chi connectivity index (χ0n) is 10.3. The lowest BCUT2D eigenvalue weighted by atomic mass is 9.83. The average Bonchev–Trinajstić information content (AvgIpc) is 2.59. The van der Waals surface area contributed by atoms with Crippen molar-refractivity contribution in [3.63, 3.8) is 0 Å². The Morgan fingerprint density at radius 1 is 1.44 bits per heavy atom. The molecule has 4 atom stereocenters. The molecule has 2 amide bonds. The van der Waals surface area contributed by atoms with Gasteiger partial charge < -0.3 is 9.84 Å². The first-order chi connectivity index (χ1) is 8.45. The van der Waals surface area contributed by atoms with Gasteiger partial charge in [-0.1, -0.05) is 6.92 Å². The smallest absolute Gasteiger partial charge is 0.404 e. The fraction of sp³-hybridized carbons (Fsp3) is 0.667. The van der Waals surface area contributed by atoms with Crippen molar-refractivity contribution < 1.29 is 19.4 Å². The summed E-state index contributed by atoms with van der Waals surface area (Å²) in [6, 6.07) is -0.354. The van der Waals surface area contributed by atoms with Crippen molar-refractivity contribution in [2.45, 2.75) is 44.2 Å². The SMILES string of the molecule is C/C=C1/OC(=O)N(C2CC(O)C(Cl)CC2C)C1=O. The highest BCUT2D eigenvalue weighted by molar-refractivity contribution is 6.21. The molecule has 1 aliphatic heterocycles. The molecule has 2 aliphatic rings. The van der Waals surface area contributed by atoms with Crippen LogP contribution in [0.5, 0.6) is 0 Å². The number of aliphatic hydroxyl groups is 1. The van der Waals surface area contributed by atoms with E-state index in [9.17, 15) is 14.7 Å². The summed E-state index contributed by atoms with van der Waals surface area (Å²) in [5, 5.41) is 9.46. The van der Waals surface area contributed by atoms with Gasteiger partial charge in [0.2, 0.25) is 0 Å². The van der Waals surface area contributed by atoms with Crippen LogP contribution in [0.1, 0.15) is 26.7 Å². The molecule has 0 aromatic heterocycles. The van der Waals surface area contributed by atoms with Crippen LogP contribution >= 0.6 is 11.6 Å². The first kappa shape index (κ1) is 13.4.